The minimum atomic E-state index is -0.113. The van der Waals surface area contributed by atoms with Crippen LogP contribution in [0, 0.1) is 5.41 Å². The summed E-state index contributed by atoms with van der Waals surface area (Å²) < 4.78 is 0. The van der Waals surface area contributed by atoms with E-state index in [9.17, 15) is 4.79 Å². The summed E-state index contributed by atoms with van der Waals surface area (Å²) in [6.07, 6.45) is 4.53. The zero-order valence-electron chi connectivity index (χ0n) is 10.9. The van der Waals surface area contributed by atoms with E-state index in [2.05, 4.69) is 17.6 Å². The summed E-state index contributed by atoms with van der Waals surface area (Å²) in [6, 6.07) is 0. The van der Waals surface area contributed by atoms with Crippen molar-refractivity contribution in [3.63, 3.8) is 0 Å². The lowest BCUT2D eigenvalue weighted by Gasteiger charge is -2.10. The molecule has 1 heterocycles. The van der Waals surface area contributed by atoms with Crippen LogP contribution in [0.1, 0.15) is 29.4 Å². The number of nitrogens with two attached hydrogens (primary N) is 1. The Balaban J connectivity index is 2.20. The molecule has 1 fully saturated rings. The highest BCUT2D eigenvalue weighted by Crippen LogP contribution is 2.47. The van der Waals surface area contributed by atoms with E-state index < -0.39 is 0 Å². The Morgan fingerprint density at radius 3 is 2.72 bits per heavy atom. The van der Waals surface area contributed by atoms with Crippen LogP contribution < -0.4 is 16.4 Å². The molecule has 1 amide bonds. The van der Waals surface area contributed by atoms with Crippen molar-refractivity contribution in [2.75, 3.05) is 30.9 Å². The average Bonchev–Trinajstić information content (AvgIpc) is 3.00. The van der Waals surface area contributed by atoms with Gasteiger partial charge in [0.2, 0.25) is 0 Å². The summed E-state index contributed by atoms with van der Waals surface area (Å²) in [7, 11) is 1.62. The van der Waals surface area contributed by atoms with Gasteiger partial charge in [0.25, 0.3) is 5.91 Å². The first kappa shape index (κ1) is 13.5. The molecule has 1 aromatic rings. The van der Waals surface area contributed by atoms with Crippen molar-refractivity contribution < 1.29 is 4.79 Å². The maximum Gasteiger partial charge on any atom is 0.263 e. The van der Waals surface area contributed by atoms with Crippen molar-refractivity contribution in [3.05, 3.63) is 4.88 Å². The van der Waals surface area contributed by atoms with Crippen molar-refractivity contribution in [2.45, 2.75) is 24.7 Å². The molecule has 4 N–H and O–H groups in total. The molecule has 0 saturated heterocycles. The molecule has 2 rings (SSSR count). The third-order valence-corrected chi connectivity index (χ3v) is 5.44. The smallest absolute Gasteiger partial charge is 0.263 e. The van der Waals surface area contributed by atoms with Gasteiger partial charge in [-0.2, -0.15) is 0 Å². The number of hydrogen-bond acceptors (Lipinski definition) is 5. The van der Waals surface area contributed by atoms with Crippen LogP contribution in [0.4, 0.5) is 10.7 Å². The zero-order chi connectivity index (χ0) is 13.3. The summed E-state index contributed by atoms with van der Waals surface area (Å²) in [5, 5.41) is 7.09. The molecule has 4 nitrogen and oxygen atoms in total. The fraction of sp³-hybridized carbons (Fsp3) is 0.583. The number of nitrogen functional groups attached to an aromatic ring is 1. The SMILES string of the molecule is CNC(=O)c1sc(NCC2(C)CC2)c(SC)c1N. The minimum Gasteiger partial charge on any atom is -0.396 e. The van der Waals surface area contributed by atoms with Gasteiger partial charge in [0, 0.05) is 13.6 Å². The second-order valence-corrected chi connectivity index (χ2v) is 6.79. The highest BCUT2D eigenvalue weighted by molar-refractivity contribution is 7.99. The third kappa shape index (κ3) is 2.59. The number of carbonyl (C=O) groups is 1. The van der Waals surface area contributed by atoms with E-state index >= 15 is 0 Å². The summed E-state index contributed by atoms with van der Waals surface area (Å²) in [5.41, 5.74) is 7.06. The minimum absolute atomic E-state index is 0.113. The van der Waals surface area contributed by atoms with Crippen LogP contribution in [-0.2, 0) is 0 Å². The van der Waals surface area contributed by atoms with Gasteiger partial charge in [-0.1, -0.05) is 6.92 Å². The number of anilines is 2. The highest BCUT2D eigenvalue weighted by atomic mass is 32.2. The number of amides is 1. The van der Waals surface area contributed by atoms with Crippen molar-refractivity contribution in [1.82, 2.24) is 5.32 Å². The van der Waals surface area contributed by atoms with Crippen molar-refractivity contribution in [3.8, 4) is 0 Å². The molecule has 0 unspecified atom stereocenters. The Labute approximate surface area is 116 Å². The molecule has 0 bridgehead atoms. The van der Waals surface area contributed by atoms with Gasteiger partial charge >= 0.3 is 0 Å². The van der Waals surface area contributed by atoms with E-state index in [1.807, 2.05) is 6.26 Å². The Kier molecular flexibility index (Phi) is 3.77. The number of hydrogen-bond donors (Lipinski definition) is 3. The molecule has 0 aliphatic heterocycles. The maximum atomic E-state index is 11.7. The Hall–Kier alpha value is -0.880. The van der Waals surface area contributed by atoms with Crippen LogP contribution in [-0.4, -0.2) is 25.8 Å². The van der Waals surface area contributed by atoms with Gasteiger partial charge in [0.1, 0.15) is 9.88 Å². The predicted octanol–water partition coefficient (Wildman–Crippen LogP) is 2.62. The first-order valence-corrected chi connectivity index (χ1v) is 7.97. The zero-order valence-corrected chi connectivity index (χ0v) is 12.6. The van der Waals surface area contributed by atoms with E-state index in [0.717, 1.165) is 16.4 Å². The summed E-state index contributed by atoms with van der Waals surface area (Å²) in [5.74, 6) is -0.113. The molecule has 1 aromatic heterocycles. The van der Waals surface area contributed by atoms with E-state index in [1.54, 1.807) is 18.8 Å². The number of thioether (sulfide) groups is 1. The Bertz CT molecular complexity index is 466. The number of nitrogens with one attached hydrogen (secondary N) is 2. The topological polar surface area (TPSA) is 67.2 Å². The molecule has 0 spiro atoms. The van der Waals surface area contributed by atoms with Crippen LogP contribution in [0.25, 0.3) is 0 Å². The lowest BCUT2D eigenvalue weighted by atomic mass is 10.1. The Morgan fingerprint density at radius 2 is 2.22 bits per heavy atom. The van der Waals surface area contributed by atoms with Gasteiger partial charge < -0.3 is 16.4 Å². The van der Waals surface area contributed by atoms with E-state index in [1.165, 1.54) is 24.2 Å². The predicted molar refractivity (Wildman–Crippen MR) is 79.7 cm³/mol. The van der Waals surface area contributed by atoms with Gasteiger partial charge in [0.15, 0.2) is 0 Å². The number of carbonyl (C=O) groups excluding carboxylic acids is 1. The lowest BCUT2D eigenvalue weighted by molar-refractivity contribution is 0.0968. The molecule has 0 atom stereocenters. The Morgan fingerprint density at radius 1 is 1.56 bits per heavy atom. The normalized spacial score (nSPS) is 16.4. The lowest BCUT2D eigenvalue weighted by Crippen LogP contribution is -2.17. The molecule has 0 radical (unpaired) electrons. The summed E-state index contributed by atoms with van der Waals surface area (Å²) in [4.78, 5) is 13.3. The van der Waals surface area contributed by atoms with Crippen molar-refractivity contribution in [1.29, 1.82) is 0 Å². The van der Waals surface area contributed by atoms with Crippen LogP contribution in [0.2, 0.25) is 0 Å². The van der Waals surface area contributed by atoms with Crippen LogP contribution in [0.3, 0.4) is 0 Å². The molecule has 1 aliphatic carbocycles. The van der Waals surface area contributed by atoms with Crippen LogP contribution in [0.5, 0.6) is 0 Å². The largest absolute Gasteiger partial charge is 0.396 e. The monoisotopic (exact) mass is 285 g/mol. The van der Waals surface area contributed by atoms with E-state index in [4.69, 9.17) is 5.73 Å². The first-order valence-electron chi connectivity index (χ1n) is 5.93. The molecular weight excluding hydrogens is 266 g/mol. The second kappa shape index (κ2) is 5.01. The van der Waals surface area contributed by atoms with E-state index in [0.29, 0.717) is 16.0 Å². The molecule has 18 heavy (non-hydrogen) atoms. The second-order valence-electron chi connectivity index (χ2n) is 4.95. The van der Waals surface area contributed by atoms with Crippen LogP contribution in [0.15, 0.2) is 4.90 Å². The van der Waals surface area contributed by atoms with Gasteiger partial charge in [-0.15, -0.1) is 23.1 Å². The maximum absolute atomic E-state index is 11.7. The average molecular weight is 285 g/mol. The van der Waals surface area contributed by atoms with Gasteiger partial charge in [-0.3, -0.25) is 4.79 Å². The molecule has 1 saturated carbocycles. The van der Waals surface area contributed by atoms with Gasteiger partial charge in [-0.05, 0) is 24.5 Å². The number of thiophene rings is 1. The van der Waals surface area contributed by atoms with Crippen molar-refractivity contribution in [2.24, 2.45) is 5.41 Å². The summed E-state index contributed by atoms with van der Waals surface area (Å²) in [6.45, 7) is 3.23. The van der Waals surface area contributed by atoms with E-state index in [-0.39, 0.29) is 5.91 Å². The van der Waals surface area contributed by atoms with Gasteiger partial charge in [0.05, 0.1) is 10.6 Å². The molecule has 1 aliphatic rings. The third-order valence-electron chi connectivity index (χ3n) is 3.32. The molecule has 0 aromatic carbocycles. The molecule has 100 valence electrons. The van der Waals surface area contributed by atoms with Crippen molar-refractivity contribution >= 4 is 39.7 Å². The molecule has 6 heteroatoms. The fourth-order valence-corrected chi connectivity index (χ4v) is 3.69. The number of rotatable bonds is 5. The van der Waals surface area contributed by atoms with Crippen LogP contribution >= 0.6 is 23.1 Å². The summed E-state index contributed by atoms with van der Waals surface area (Å²) >= 11 is 3.03. The molecular formula is C12H19N3OS2. The standard InChI is InChI=1S/C12H19N3OS2/c1-12(4-5-12)6-15-11-9(17-3)7(13)8(18-11)10(16)14-2/h15H,4-6,13H2,1-3H3,(H,14,16). The first-order chi connectivity index (χ1) is 8.50. The fourth-order valence-electron chi connectivity index (χ4n) is 1.71. The van der Waals surface area contributed by atoms with Gasteiger partial charge in [-0.25, -0.2) is 0 Å². The quantitative estimate of drug-likeness (QED) is 0.728. The highest BCUT2D eigenvalue weighted by Gasteiger charge is 2.37.